The summed E-state index contributed by atoms with van der Waals surface area (Å²) in [5, 5.41) is 0. The molecule has 1 rings (SSSR count). The third-order valence-corrected chi connectivity index (χ3v) is 7.01. The van der Waals surface area contributed by atoms with Crippen LogP contribution in [-0.4, -0.2) is 20.5 Å². The Morgan fingerprint density at radius 3 is 2.15 bits per heavy atom. The lowest BCUT2D eigenvalue weighted by Crippen LogP contribution is -2.49. The van der Waals surface area contributed by atoms with Gasteiger partial charge in [0, 0.05) is 17.0 Å². The maximum absolute atomic E-state index is 12.3. The van der Waals surface area contributed by atoms with Crippen molar-refractivity contribution in [3.8, 4) is 0 Å². The first-order chi connectivity index (χ1) is 9.04. The molecule has 0 saturated carbocycles. The summed E-state index contributed by atoms with van der Waals surface area (Å²) in [7, 11) is -3.46. The molecule has 0 radical (unpaired) electrons. The predicted octanol–water partition coefficient (Wildman–Crippen LogP) is 2.84. The van der Waals surface area contributed by atoms with Crippen LogP contribution < -0.4 is 10.5 Å². The van der Waals surface area contributed by atoms with Crippen molar-refractivity contribution in [1.82, 2.24) is 4.72 Å². The lowest BCUT2D eigenvalue weighted by molar-refractivity contribution is 0.392. The maximum Gasteiger partial charge on any atom is 0.250 e. The predicted molar refractivity (Wildman–Crippen MR) is 85.7 cm³/mol. The SMILES string of the molecule is CCC(N)(CC)CNS(=O)(=O)c1ccc(C(C)(C)C)s1. The summed E-state index contributed by atoms with van der Waals surface area (Å²) in [4.78, 5) is 1.06. The first kappa shape index (κ1) is 17.6. The second-order valence-corrected chi connectivity index (χ2v) is 9.34. The first-order valence-corrected chi connectivity index (χ1v) is 9.23. The van der Waals surface area contributed by atoms with Crippen LogP contribution in [0.4, 0.5) is 0 Å². The number of hydrogen-bond donors (Lipinski definition) is 2. The highest BCUT2D eigenvalue weighted by Gasteiger charge is 2.26. The van der Waals surface area contributed by atoms with Gasteiger partial charge in [0.15, 0.2) is 0 Å². The number of nitrogens with two attached hydrogens (primary N) is 1. The Kier molecular flexibility index (Phi) is 5.40. The lowest BCUT2D eigenvalue weighted by Gasteiger charge is -2.26. The molecule has 6 heteroatoms. The van der Waals surface area contributed by atoms with Crippen LogP contribution in [0.25, 0.3) is 0 Å². The molecular weight excluding hydrogens is 292 g/mol. The van der Waals surface area contributed by atoms with Crippen molar-refractivity contribution in [2.24, 2.45) is 5.73 Å². The molecule has 0 aromatic carbocycles. The van der Waals surface area contributed by atoms with E-state index in [1.807, 2.05) is 19.9 Å². The third-order valence-electron chi connectivity index (χ3n) is 3.61. The van der Waals surface area contributed by atoms with Crippen LogP contribution in [0.5, 0.6) is 0 Å². The highest BCUT2D eigenvalue weighted by atomic mass is 32.2. The van der Waals surface area contributed by atoms with E-state index in [2.05, 4.69) is 25.5 Å². The van der Waals surface area contributed by atoms with E-state index in [1.165, 1.54) is 11.3 Å². The van der Waals surface area contributed by atoms with Crippen molar-refractivity contribution in [2.75, 3.05) is 6.54 Å². The van der Waals surface area contributed by atoms with Crippen LogP contribution in [0.1, 0.15) is 52.3 Å². The Morgan fingerprint density at radius 2 is 1.75 bits per heavy atom. The van der Waals surface area contributed by atoms with Crippen molar-refractivity contribution >= 4 is 21.4 Å². The molecule has 0 aliphatic carbocycles. The highest BCUT2D eigenvalue weighted by Crippen LogP contribution is 2.31. The van der Waals surface area contributed by atoms with Crippen molar-refractivity contribution in [1.29, 1.82) is 0 Å². The molecule has 0 aliphatic rings. The van der Waals surface area contributed by atoms with E-state index in [0.29, 0.717) is 4.21 Å². The molecule has 1 aromatic rings. The number of thiophene rings is 1. The molecule has 0 amide bonds. The molecule has 0 unspecified atom stereocenters. The minimum absolute atomic E-state index is 0.0388. The summed E-state index contributed by atoms with van der Waals surface area (Å²) >= 11 is 1.32. The Hall–Kier alpha value is -0.430. The van der Waals surface area contributed by atoms with Gasteiger partial charge >= 0.3 is 0 Å². The van der Waals surface area contributed by atoms with Crippen LogP contribution in [0.15, 0.2) is 16.3 Å². The molecule has 116 valence electrons. The Morgan fingerprint density at radius 1 is 1.20 bits per heavy atom. The van der Waals surface area contributed by atoms with Gasteiger partial charge in [-0.1, -0.05) is 34.6 Å². The molecule has 0 fully saturated rings. The zero-order valence-corrected chi connectivity index (χ0v) is 14.6. The van der Waals surface area contributed by atoms with Gasteiger partial charge in [0.25, 0.3) is 0 Å². The van der Waals surface area contributed by atoms with E-state index >= 15 is 0 Å². The van der Waals surface area contributed by atoms with Gasteiger partial charge in [-0.3, -0.25) is 0 Å². The fourth-order valence-electron chi connectivity index (χ4n) is 1.68. The normalized spacial score (nSPS) is 13.7. The van der Waals surface area contributed by atoms with E-state index in [9.17, 15) is 8.42 Å². The fraction of sp³-hybridized carbons (Fsp3) is 0.714. The fourth-order valence-corrected chi connectivity index (χ4v) is 4.22. The number of nitrogens with one attached hydrogen (secondary N) is 1. The average Bonchev–Trinajstić information content (AvgIpc) is 2.86. The molecule has 4 nitrogen and oxygen atoms in total. The largest absolute Gasteiger partial charge is 0.324 e. The van der Waals surface area contributed by atoms with Crippen molar-refractivity contribution in [3.63, 3.8) is 0 Å². The summed E-state index contributed by atoms with van der Waals surface area (Å²) in [5.41, 5.74) is 5.62. The van der Waals surface area contributed by atoms with E-state index in [0.717, 1.165) is 17.7 Å². The van der Waals surface area contributed by atoms with Crippen LogP contribution in [0.3, 0.4) is 0 Å². The first-order valence-electron chi connectivity index (χ1n) is 6.93. The summed E-state index contributed by atoms with van der Waals surface area (Å²) in [6.07, 6.45) is 1.48. The zero-order chi connectivity index (χ0) is 15.6. The molecule has 20 heavy (non-hydrogen) atoms. The second kappa shape index (κ2) is 6.13. The Bertz CT molecular complexity index is 538. The Balaban J connectivity index is 2.87. The van der Waals surface area contributed by atoms with Gasteiger partial charge in [0.2, 0.25) is 10.0 Å². The van der Waals surface area contributed by atoms with E-state index in [1.54, 1.807) is 6.07 Å². The van der Waals surface area contributed by atoms with E-state index in [-0.39, 0.29) is 12.0 Å². The smallest absolute Gasteiger partial charge is 0.250 e. The topological polar surface area (TPSA) is 72.2 Å². The molecule has 1 aromatic heterocycles. The van der Waals surface area contributed by atoms with Gasteiger partial charge in [-0.2, -0.15) is 0 Å². The number of sulfonamides is 1. The maximum atomic E-state index is 12.3. The molecule has 1 heterocycles. The summed E-state index contributed by atoms with van der Waals surface area (Å²) < 4.78 is 27.6. The van der Waals surface area contributed by atoms with Crippen LogP contribution in [0.2, 0.25) is 0 Å². The van der Waals surface area contributed by atoms with Gasteiger partial charge < -0.3 is 5.73 Å². The summed E-state index contributed by atoms with van der Waals surface area (Å²) in [6.45, 7) is 10.4. The van der Waals surface area contributed by atoms with Gasteiger partial charge in [-0.05, 0) is 30.4 Å². The monoisotopic (exact) mass is 318 g/mol. The number of rotatable bonds is 6. The molecule has 0 saturated heterocycles. The third kappa shape index (κ3) is 4.28. The minimum atomic E-state index is -3.46. The lowest BCUT2D eigenvalue weighted by atomic mass is 9.95. The van der Waals surface area contributed by atoms with E-state index in [4.69, 9.17) is 5.73 Å². The molecule has 0 aliphatic heterocycles. The van der Waals surface area contributed by atoms with Crippen LogP contribution >= 0.6 is 11.3 Å². The van der Waals surface area contributed by atoms with Gasteiger partial charge in [0.05, 0.1) is 0 Å². The van der Waals surface area contributed by atoms with Crippen molar-refractivity contribution < 1.29 is 8.42 Å². The van der Waals surface area contributed by atoms with Crippen LogP contribution in [-0.2, 0) is 15.4 Å². The summed E-state index contributed by atoms with van der Waals surface area (Å²) in [6, 6.07) is 3.55. The summed E-state index contributed by atoms with van der Waals surface area (Å²) in [5.74, 6) is 0. The molecule has 0 spiro atoms. The van der Waals surface area contributed by atoms with Crippen molar-refractivity contribution in [3.05, 3.63) is 17.0 Å². The number of hydrogen-bond acceptors (Lipinski definition) is 4. The quantitative estimate of drug-likeness (QED) is 0.847. The highest BCUT2D eigenvalue weighted by molar-refractivity contribution is 7.91. The van der Waals surface area contributed by atoms with Crippen molar-refractivity contribution in [2.45, 2.75) is 62.6 Å². The molecule has 3 N–H and O–H groups in total. The average molecular weight is 319 g/mol. The van der Waals surface area contributed by atoms with Gasteiger partial charge in [-0.25, -0.2) is 13.1 Å². The Labute approximate surface area is 126 Å². The molecule has 0 atom stereocenters. The van der Waals surface area contributed by atoms with E-state index < -0.39 is 15.6 Å². The molecule has 0 bridgehead atoms. The zero-order valence-electron chi connectivity index (χ0n) is 13.0. The van der Waals surface area contributed by atoms with Gasteiger partial charge in [-0.15, -0.1) is 11.3 Å². The standard InChI is InChI=1S/C14H26N2O2S2/c1-6-14(15,7-2)10-16-20(17,18)12-9-8-11(19-12)13(3,4)5/h8-9,16H,6-7,10,15H2,1-5H3. The second-order valence-electron chi connectivity index (χ2n) is 6.26. The van der Waals surface area contributed by atoms with Crippen LogP contribution in [0, 0.1) is 0 Å². The molecular formula is C14H26N2O2S2. The van der Waals surface area contributed by atoms with Gasteiger partial charge in [0.1, 0.15) is 4.21 Å². The minimum Gasteiger partial charge on any atom is -0.324 e.